The topological polar surface area (TPSA) is 65.1 Å². The Morgan fingerprint density at radius 2 is 1.67 bits per heavy atom. The Bertz CT molecular complexity index is 1180. The van der Waals surface area contributed by atoms with Crippen LogP contribution < -0.4 is 0 Å². The van der Waals surface area contributed by atoms with Crippen LogP contribution in [0.2, 0.25) is 5.02 Å². The minimum Gasteiger partial charge on any atom is -0.472 e. The van der Waals surface area contributed by atoms with E-state index in [0.717, 1.165) is 28.3 Å². The van der Waals surface area contributed by atoms with Gasteiger partial charge in [-0.25, -0.2) is 13.4 Å². The quantitative estimate of drug-likeness (QED) is 0.492. The molecule has 136 valence electrons. The summed E-state index contributed by atoms with van der Waals surface area (Å²) in [5, 5.41) is 0.643. The van der Waals surface area contributed by atoms with Gasteiger partial charge in [0.05, 0.1) is 23.1 Å². The molecular weight excluding hydrogens is 384 g/mol. The van der Waals surface area contributed by atoms with E-state index in [1.807, 2.05) is 29.0 Å². The second-order valence-electron chi connectivity index (χ2n) is 6.10. The van der Waals surface area contributed by atoms with Gasteiger partial charge in [0.15, 0.2) is 9.84 Å². The molecule has 5 nitrogen and oxygen atoms in total. The molecule has 0 unspecified atom stereocenters. The van der Waals surface area contributed by atoms with Gasteiger partial charge < -0.3 is 4.42 Å². The van der Waals surface area contributed by atoms with Gasteiger partial charge >= 0.3 is 0 Å². The minimum atomic E-state index is -3.25. The molecule has 0 saturated heterocycles. The lowest BCUT2D eigenvalue weighted by atomic mass is 10.2. The highest BCUT2D eigenvalue weighted by Crippen LogP contribution is 2.29. The minimum absolute atomic E-state index is 0.273. The molecule has 0 radical (unpaired) electrons. The lowest BCUT2D eigenvalue weighted by molar-refractivity contribution is 0.568. The van der Waals surface area contributed by atoms with E-state index in [0.29, 0.717) is 5.02 Å². The van der Waals surface area contributed by atoms with Gasteiger partial charge in [0.1, 0.15) is 5.82 Å². The van der Waals surface area contributed by atoms with E-state index in [9.17, 15) is 8.42 Å². The lowest BCUT2D eigenvalue weighted by Crippen LogP contribution is -1.99. The normalized spacial score (nSPS) is 11.6. The fraction of sp³-hybridized carbons (Fsp3) is 0.0500. The molecular formula is C20H15ClN2O3S. The van der Waals surface area contributed by atoms with Crippen molar-refractivity contribution in [3.63, 3.8) is 0 Å². The molecule has 0 atom stereocenters. The van der Waals surface area contributed by atoms with Crippen molar-refractivity contribution in [2.24, 2.45) is 0 Å². The summed E-state index contributed by atoms with van der Waals surface area (Å²) in [6.07, 6.45) is 6.31. The average molecular weight is 399 g/mol. The number of hydrogen-bond donors (Lipinski definition) is 0. The van der Waals surface area contributed by atoms with E-state index in [-0.39, 0.29) is 4.90 Å². The van der Waals surface area contributed by atoms with E-state index >= 15 is 0 Å². The number of halogens is 1. The highest BCUT2D eigenvalue weighted by atomic mass is 35.5. The molecule has 7 heteroatoms. The number of benzene rings is 2. The number of furan rings is 1. The van der Waals surface area contributed by atoms with E-state index in [1.165, 1.54) is 6.26 Å². The maximum Gasteiger partial charge on any atom is 0.175 e. The van der Waals surface area contributed by atoms with Crippen LogP contribution in [0.15, 0.2) is 82.6 Å². The van der Waals surface area contributed by atoms with Crippen LogP contribution in [0.25, 0.3) is 28.3 Å². The highest BCUT2D eigenvalue weighted by molar-refractivity contribution is 7.90. The van der Waals surface area contributed by atoms with Gasteiger partial charge in [0.2, 0.25) is 0 Å². The molecule has 0 spiro atoms. The van der Waals surface area contributed by atoms with Crippen LogP contribution in [0.1, 0.15) is 0 Å². The maximum atomic E-state index is 11.7. The van der Waals surface area contributed by atoms with E-state index < -0.39 is 9.84 Å². The second kappa shape index (κ2) is 6.72. The van der Waals surface area contributed by atoms with Crippen molar-refractivity contribution < 1.29 is 12.8 Å². The molecule has 0 N–H and O–H groups in total. The zero-order valence-electron chi connectivity index (χ0n) is 14.3. The molecule has 0 aliphatic carbocycles. The summed E-state index contributed by atoms with van der Waals surface area (Å²) in [6, 6.07) is 15.9. The maximum absolute atomic E-state index is 11.7. The Morgan fingerprint density at radius 3 is 2.26 bits per heavy atom. The summed E-state index contributed by atoms with van der Waals surface area (Å²) in [4.78, 5) is 5.01. The van der Waals surface area contributed by atoms with Crippen molar-refractivity contribution in [3.8, 4) is 28.3 Å². The molecule has 27 heavy (non-hydrogen) atoms. The number of rotatable bonds is 4. The summed E-state index contributed by atoms with van der Waals surface area (Å²) in [7, 11) is -3.25. The van der Waals surface area contributed by atoms with E-state index in [1.54, 1.807) is 48.9 Å². The Kier molecular flexibility index (Phi) is 4.37. The lowest BCUT2D eigenvalue weighted by Gasteiger charge is -2.09. The number of nitrogens with zero attached hydrogens (tertiary/aromatic N) is 2. The summed E-state index contributed by atoms with van der Waals surface area (Å²) in [5.41, 5.74) is 3.30. The van der Waals surface area contributed by atoms with E-state index in [2.05, 4.69) is 0 Å². The van der Waals surface area contributed by atoms with E-state index in [4.69, 9.17) is 21.0 Å². The second-order valence-corrected chi connectivity index (χ2v) is 8.56. The van der Waals surface area contributed by atoms with Crippen molar-refractivity contribution >= 4 is 21.4 Å². The van der Waals surface area contributed by atoms with Crippen molar-refractivity contribution in [2.45, 2.75) is 4.90 Å². The summed E-state index contributed by atoms with van der Waals surface area (Å²) in [5.74, 6) is 0.718. The van der Waals surface area contributed by atoms with Crippen LogP contribution in [0.5, 0.6) is 0 Å². The van der Waals surface area contributed by atoms with Crippen LogP contribution in [-0.4, -0.2) is 24.2 Å². The van der Waals surface area contributed by atoms with Gasteiger partial charge in [0.25, 0.3) is 0 Å². The Labute approximate surface area is 161 Å². The number of imidazole rings is 1. The van der Waals surface area contributed by atoms with Gasteiger partial charge in [-0.3, -0.25) is 4.57 Å². The zero-order chi connectivity index (χ0) is 19.0. The molecule has 0 aliphatic heterocycles. The summed E-state index contributed by atoms with van der Waals surface area (Å²) >= 11 is 6.01. The van der Waals surface area contributed by atoms with Crippen LogP contribution >= 0.6 is 11.6 Å². The third-order valence-corrected chi connectivity index (χ3v) is 5.55. The molecule has 2 heterocycles. The van der Waals surface area contributed by atoms with Crippen molar-refractivity contribution in [1.82, 2.24) is 9.55 Å². The molecule has 4 rings (SSSR count). The highest BCUT2D eigenvalue weighted by Gasteiger charge is 2.15. The van der Waals surface area contributed by atoms with Gasteiger partial charge in [-0.05, 0) is 54.6 Å². The third-order valence-electron chi connectivity index (χ3n) is 4.17. The smallest absolute Gasteiger partial charge is 0.175 e. The Morgan fingerprint density at radius 1 is 0.963 bits per heavy atom. The van der Waals surface area contributed by atoms with Crippen LogP contribution in [0.4, 0.5) is 0 Å². The van der Waals surface area contributed by atoms with Crippen LogP contribution in [-0.2, 0) is 9.84 Å². The van der Waals surface area contributed by atoms with Crippen LogP contribution in [0, 0.1) is 0 Å². The first kappa shape index (κ1) is 17.6. The molecule has 4 aromatic rings. The molecule has 0 saturated carbocycles. The first-order chi connectivity index (χ1) is 12.9. The number of aromatic nitrogens is 2. The van der Waals surface area contributed by atoms with Crippen molar-refractivity contribution in [2.75, 3.05) is 6.26 Å². The van der Waals surface area contributed by atoms with Gasteiger partial charge in [-0.15, -0.1) is 0 Å². The molecule has 2 aromatic carbocycles. The zero-order valence-corrected chi connectivity index (χ0v) is 15.9. The SMILES string of the molecule is CS(=O)(=O)c1ccc(-n2cc(-c3ccoc3)nc2-c2ccc(Cl)cc2)cc1. The molecule has 0 aliphatic rings. The van der Waals surface area contributed by atoms with Gasteiger partial charge in [0, 0.05) is 34.3 Å². The third kappa shape index (κ3) is 3.54. The first-order valence-electron chi connectivity index (χ1n) is 8.10. The van der Waals surface area contributed by atoms with Gasteiger partial charge in [-0.1, -0.05) is 11.6 Å². The number of hydrogen-bond acceptors (Lipinski definition) is 4. The monoisotopic (exact) mass is 398 g/mol. The Hall–Kier alpha value is -2.83. The largest absolute Gasteiger partial charge is 0.472 e. The van der Waals surface area contributed by atoms with Crippen molar-refractivity contribution in [3.05, 3.63) is 78.3 Å². The fourth-order valence-electron chi connectivity index (χ4n) is 2.78. The predicted octanol–water partition coefficient (Wildman–Crippen LogP) is 4.86. The average Bonchev–Trinajstić information content (AvgIpc) is 3.31. The summed E-state index contributed by atoms with van der Waals surface area (Å²) < 4.78 is 30.5. The number of sulfone groups is 1. The molecule has 0 bridgehead atoms. The van der Waals surface area contributed by atoms with Crippen molar-refractivity contribution in [1.29, 1.82) is 0 Å². The fourth-order valence-corrected chi connectivity index (χ4v) is 3.54. The molecule has 0 fully saturated rings. The first-order valence-corrected chi connectivity index (χ1v) is 10.4. The molecule has 0 amide bonds. The van der Waals surface area contributed by atoms with Crippen LogP contribution in [0.3, 0.4) is 0 Å². The Balaban J connectivity index is 1.86. The summed E-state index contributed by atoms with van der Waals surface area (Å²) in [6.45, 7) is 0. The standard InChI is InChI=1S/C20H15ClN2O3S/c1-27(24,25)18-8-6-17(7-9-18)23-12-19(15-10-11-26-13-15)22-20(23)14-2-4-16(21)5-3-14/h2-13H,1H3. The molecule has 2 aromatic heterocycles. The predicted molar refractivity (Wildman–Crippen MR) is 105 cm³/mol. The van der Waals surface area contributed by atoms with Gasteiger partial charge in [-0.2, -0.15) is 0 Å².